The van der Waals surface area contributed by atoms with Crippen LogP contribution in [0.4, 0.5) is 4.39 Å². The van der Waals surface area contributed by atoms with Crippen molar-refractivity contribution in [2.24, 2.45) is 5.73 Å². The monoisotopic (exact) mass is 247 g/mol. The van der Waals surface area contributed by atoms with E-state index in [1.54, 1.807) is 0 Å². The van der Waals surface area contributed by atoms with Crippen LogP contribution in [0.1, 0.15) is 38.1 Å². The molecule has 3 nitrogen and oxygen atoms in total. The first kappa shape index (κ1) is 11.7. The fourth-order valence-electron chi connectivity index (χ4n) is 2.38. The predicted octanol–water partition coefficient (Wildman–Crippen LogP) is 2.79. The lowest BCUT2D eigenvalue weighted by Crippen LogP contribution is -2.23. The molecule has 0 spiro atoms. The molecule has 0 saturated heterocycles. The summed E-state index contributed by atoms with van der Waals surface area (Å²) in [5.41, 5.74) is 7.81. The lowest BCUT2D eigenvalue weighted by molar-refractivity contribution is 0.592. The van der Waals surface area contributed by atoms with Gasteiger partial charge in [0.15, 0.2) is 0 Å². The van der Waals surface area contributed by atoms with E-state index in [4.69, 9.17) is 5.73 Å². The molecule has 0 bridgehead atoms. The van der Waals surface area contributed by atoms with Gasteiger partial charge in [0.25, 0.3) is 0 Å². The first-order chi connectivity index (χ1) is 8.69. The second-order valence-corrected chi connectivity index (χ2v) is 5.13. The maximum atomic E-state index is 13.2. The molecule has 1 unspecified atom stereocenters. The van der Waals surface area contributed by atoms with Gasteiger partial charge in [-0.25, -0.2) is 9.37 Å². The van der Waals surface area contributed by atoms with Crippen molar-refractivity contribution >= 4 is 11.0 Å². The van der Waals surface area contributed by atoms with Gasteiger partial charge < -0.3 is 10.3 Å². The summed E-state index contributed by atoms with van der Waals surface area (Å²) >= 11 is 0. The lowest BCUT2D eigenvalue weighted by Gasteiger charge is -2.11. The smallest absolute Gasteiger partial charge is 0.125 e. The van der Waals surface area contributed by atoms with E-state index < -0.39 is 0 Å². The van der Waals surface area contributed by atoms with Crippen molar-refractivity contribution in [3.05, 3.63) is 29.8 Å². The Labute approximate surface area is 106 Å². The molecule has 1 atom stereocenters. The van der Waals surface area contributed by atoms with Crippen LogP contribution in [0.25, 0.3) is 11.0 Å². The normalized spacial score (nSPS) is 17.3. The zero-order chi connectivity index (χ0) is 12.7. The van der Waals surface area contributed by atoms with Crippen molar-refractivity contribution in [3.8, 4) is 0 Å². The van der Waals surface area contributed by atoms with Crippen molar-refractivity contribution in [2.45, 2.75) is 44.7 Å². The van der Waals surface area contributed by atoms with Gasteiger partial charge in [0.1, 0.15) is 11.6 Å². The maximum absolute atomic E-state index is 13.2. The zero-order valence-electron chi connectivity index (χ0n) is 10.6. The molecule has 3 rings (SSSR count). The van der Waals surface area contributed by atoms with Crippen molar-refractivity contribution in [1.82, 2.24) is 9.55 Å². The SMILES string of the molecule is CCC(N)Cc1nc2cc(F)ccc2n1C1CC1. The number of nitrogens with zero attached hydrogens (tertiary/aromatic N) is 2. The van der Waals surface area contributed by atoms with E-state index in [-0.39, 0.29) is 11.9 Å². The van der Waals surface area contributed by atoms with Crippen LogP contribution in [-0.4, -0.2) is 15.6 Å². The third kappa shape index (κ3) is 2.01. The van der Waals surface area contributed by atoms with E-state index >= 15 is 0 Å². The summed E-state index contributed by atoms with van der Waals surface area (Å²) in [5, 5.41) is 0. The largest absolute Gasteiger partial charge is 0.327 e. The van der Waals surface area contributed by atoms with E-state index in [1.165, 1.54) is 25.0 Å². The molecule has 0 aliphatic heterocycles. The number of nitrogens with two attached hydrogens (primary N) is 1. The quantitative estimate of drug-likeness (QED) is 0.902. The van der Waals surface area contributed by atoms with Crippen LogP contribution in [0.3, 0.4) is 0 Å². The highest BCUT2D eigenvalue weighted by molar-refractivity contribution is 5.76. The third-order valence-corrected chi connectivity index (χ3v) is 3.61. The Morgan fingerprint density at radius 1 is 1.50 bits per heavy atom. The van der Waals surface area contributed by atoms with Gasteiger partial charge in [-0.2, -0.15) is 0 Å². The Balaban J connectivity index is 2.08. The highest BCUT2D eigenvalue weighted by atomic mass is 19.1. The second kappa shape index (κ2) is 4.35. The fraction of sp³-hybridized carbons (Fsp3) is 0.500. The van der Waals surface area contributed by atoms with Crippen molar-refractivity contribution in [2.75, 3.05) is 0 Å². The highest BCUT2D eigenvalue weighted by Gasteiger charge is 2.28. The number of hydrogen-bond acceptors (Lipinski definition) is 2. The average Bonchev–Trinajstić information content (AvgIpc) is 3.11. The fourth-order valence-corrected chi connectivity index (χ4v) is 2.38. The molecule has 1 aliphatic carbocycles. The summed E-state index contributed by atoms with van der Waals surface area (Å²) < 4.78 is 15.5. The molecule has 1 aromatic heterocycles. The van der Waals surface area contributed by atoms with Crippen molar-refractivity contribution < 1.29 is 4.39 Å². The second-order valence-electron chi connectivity index (χ2n) is 5.13. The van der Waals surface area contributed by atoms with E-state index in [0.717, 1.165) is 29.7 Å². The summed E-state index contributed by atoms with van der Waals surface area (Å²) in [4.78, 5) is 4.57. The van der Waals surface area contributed by atoms with Crippen LogP contribution >= 0.6 is 0 Å². The molecule has 18 heavy (non-hydrogen) atoms. The van der Waals surface area contributed by atoms with Gasteiger partial charge in [-0.05, 0) is 31.4 Å². The van der Waals surface area contributed by atoms with Crippen LogP contribution in [0.15, 0.2) is 18.2 Å². The van der Waals surface area contributed by atoms with Crippen molar-refractivity contribution in [3.63, 3.8) is 0 Å². The molecule has 1 aliphatic rings. The molecule has 96 valence electrons. The van der Waals surface area contributed by atoms with Gasteiger partial charge in [0.05, 0.1) is 11.0 Å². The first-order valence-corrected chi connectivity index (χ1v) is 6.61. The Bertz CT molecular complexity index is 572. The molecule has 1 fully saturated rings. The van der Waals surface area contributed by atoms with Crippen LogP contribution in [0.2, 0.25) is 0 Å². The maximum Gasteiger partial charge on any atom is 0.125 e. The number of hydrogen-bond donors (Lipinski definition) is 1. The topological polar surface area (TPSA) is 43.8 Å². The summed E-state index contributed by atoms with van der Waals surface area (Å²) in [5.74, 6) is 0.779. The number of benzene rings is 1. The van der Waals surface area contributed by atoms with E-state index in [9.17, 15) is 4.39 Å². The van der Waals surface area contributed by atoms with Gasteiger partial charge >= 0.3 is 0 Å². The van der Waals surface area contributed by atoms with Crippen LogP contribution in [0, 0.1) is 5.82 Å². The standard InChI is InChI=1S/C14H18FN3/c1-2-10(16)8-14-17-12-7-9(15)3-6-13(12)18(14)11-4-5-11/h3,6-7,10-11H,2,4-5,8,16H2,1H3. The van der Waals surface area contributed by atoms with E-state index in [1.807, 2.05) is 6.07 Å². The minimum Gasteiger partial charge on any atom is -0.327 e. The Hall–Kier alpha value is -1.42. The van der Waals surface area contributed by atoms with Gasteiger partial charge in [0.2, 0.25) is 0 Å². The summed E-state index contributed by atoms with van der Waals surface area (Å²) in [6.07, 6.45) is 4.08. The molecule has 2 N–H and O–H groups in total. The lowest BCUT2D eigenvalue weighted by atomic mass is 10.1. The number of halogens is 1. The zero-order valence-corrected chi connectivity index (χ0v) is 10.6. The van der Waals surface area contributed by atoms with Crippen molar-refractivity contribution in [1.29, 1.82) is 0 Å². The predicted molar refractivity (Wildman–Crippen MR) is 69.9 cm³/mol. The summed E-state index contributed by atoms with van der Waals surface area (Å²) in [6, 6.07) is 5.52. The van der Waals surface area contributed by atoms with Crippen LogP contribution in [0.5, 0.6) is 0 Å². The van der Waals surface area contributed by atoms with E-state index in [2.05, 4.69) is 16.5 Å². The highest BCUT2D eigenvalue weighted by Crippen LogP contribution is 2.39. The average molecular weight is 247 g/mol. The van der Waals surface area contributed by atoms with E-state index in [0.29, 0.717) is 6.04 Å². The molecule has 4 heteroatoms. The molecule has 1 saturated carbocycles. The first-order valence-electron chi connectivity index (χ1n) is 6.61. The van der Waals surface area contributed by atoms with Gasteiger partial charge in [-0.1, -0.05) is 6.92 Å². The molecule has 1 heterocycles. The molecule has 0 radical (unpaired) electrons. The minimum atomic E-state index is -0.228. The van der Waals surface area contributed by atoms with Gasteiger partial charge in [-0.15, -0.1) is 0 Å². The molecule has 0 amide bonds. The van der Waals surface area contributed by atoms with Gasteiger partial charge in [-0.3, -0.25) is 0 Å². The van der Waals surface area contributed by atoms with Gasteiger partial charge in [0, 0.05) is 24.6 Å². The Morgan fingerprint density at radius 2 is 2.28 bits per heavy atom. The minimum absolute atomic E-state index is 0.129. The molecule has 1 aromatic carbocycles. The summed E-state index contributed by atoms with van der Waals surface area (Å²) in [6.45, 7) is 2.08. The summed E-state index contributed by atoms with van der Waals surface area (Å²) in [7, 11) is 0. The number of aromatic nitrogens is 2. The van der Waals surface area contributed by atoms with Crippen LogP contribution in [-0.2, 0) is 6.42 Å². The number of rotatable bonds is 4. The Kier molecular flexibility index (Phi) is 2.82. The van der Waals surface area contributed by atoms with Crippen LogP contribution < -0.4 is 5.73 Å². The number of fused-ring (bicyclic) bond motifs is 1. The molecular weight excluding hydrogens is 229 g/mol. The molecule has 2 aromatic rings. The number of imidazole rings is 1. The molecular formula is C14H18FN3. The third-order valence-electron chi connectivity index (χ3n) is 3.61. The Morgan fingerprint density at radius 3 is 2.94 bits per heavy atom.